The molecule has 6 heterocycles. The van der Waals surface area contributed by atoms with Gasteiger partial charge < -0.3 is 24.4 Å². The van der Waals surface area contributed by atoms with E-state index in [1.54, 1.807) is 12.4 Å². The van der Waals surface area contributed by atoms with Gasteiger partial charge in [0, 0.05) is 44.2 Å². The zero-order valence-electron chi connectivity index (χ0n) is 19.2. The zero-order chi connectivity index (χ0) is 23.5. The molecule has 6 rings (SSSR count). The second-order valence-corrected chi connectivity index (χ2v) is 8.53. The van der Waals surface area contributed by atoms with Crippen molar-refractivity contribution in [2.45, 2.75) is 18.9 Å². The van der Waals surface area contributed by atoms with E-state index in [2.05, 4.69) is 30.2 Å². The molecule has 0 spiro atoms. The maximum Gasteiger partial charge on any atom is 0.229 e. The number of nitrogens with one attached hydrogen (secondary N) is 1. The van der Waals surface area contributed by atoms with Gasteiger partial charge in [-0.2, -0.15) is 9.97 Å². The first-order valence-corrected chi connectivity index (χ1v) is 11.9. The third-order valence-electron chi connectivity index (χ3n) is 6.25. The van der Waals surface area contributed by atoms with Gasteiger partial charge in [-0.3, -0.25) is 4.98 Å². The average molecular weight is 471 g/mol. The molecule has 2 fully saturated rings. The number of nitrogens with zero attached hydrogens (tertiary/aromatic N) is 7. The first kappa shape index (κ1) is 21.5. The quantitative estimate of drug-likeness (QED) is 0.447. The van der Waals surface area contributed by atoms with Crippen molar-refractivity contribution < 1.29 is 9.26 Å². The zero-order valence-corrected chi connectivity index (χ0v) is 19.2. The fourth-order valence-corrected chi connectivity index (χ4v) is 4.52. The summed E-state index contributed by atoms with van der Waals surface area (Å²) >= 11 is 0. The molecule has 2 saturated heterocycles. The maximum atomic E-state index is 5.79. The standard InChI is InChI=1S/C25H26N8O2/c1-3-9-26-18(6-1)19-16-21(35-31-19)20-7-5-11-33(20)25-29-23(28-22-8-2-4-10-27-22)17-24(30-25)32-12-14-34-15-13-32/h1-4,6,8-10,16-17,20H,5,7,11-15H2,(H,27,28,29,30). The molecule has 35 heavy (non-hydrogen) atoms. The molecule has 0 aromatic carbocycles. The third kappa shape index (κ3) is 4.65. The van der Waals surface area contributed by atoms with Crippen LogP contribution in [0.4, 0.5) is 23.4 Å². The average Bonchev–Trinajstić information content (AvgIpc) is 3.60. The predicted molar refractivity (Wildman–Crippen MR) is 132 cm³/mol. The molecule has 0 saturated carbocycles. The largest absolute Gasteiger partial charge is 0.378 e. The van der Waals surface area contributed by atoms with E-state index in [4.69, 9.17) is 19.2 Å². The van der Waals surface area contributed by atoms with Crippen molar-refractivity contribution in [2.75, 3.05) is 48.0 Å². The van der Waals surface area contributed by atoms with E-state index in [9.17, 15) is 0 Å². The summed E-state index contributed by atoms with van der Waals surface area (Å²) in [6.07, 6.45) is 5.46. The maximum absolute atomic E-state index is 5.79. The molecule has 0 radical (unpaired) electrons. The van der Waals surface area contributed by atoms with Crippen LogP contribution < -0.4 is 15.1 Å². The topological polar surface area (TPSA) is 105 Å². The van der Waals surface area contributed by atoms with E-state index < -0.39 is 0 Å². The van der Waals surface area contributed by atoms with Crippen molar-refractivity contribution in [1.82, 2.24) is 25.1 Å². The number of ether oxygens (including phenoxy) is 1. The van der Waals surface area contributed by atoms with Gasteiger partial charge in [-0.15, -0.1) is 0 Å². The highest BCUT2D eigenvalue weighted by Crippen LogP contribution is 2.37. The van der Waals surface area contributed by atoms with Crippen LogP contribution in [-0.4, -0.2) is 57.9 Å². The Bertz CT molecular complexity index is 1260. The van der Waals surface area contributed by atoms with Crippen LogP contribution in [0.1, 0.15) is 24.6 Å². The predicted octanol–water partition coefficient (Wildman–Crippen LogP) is 3.84. The summed E-state index contributed by atoms with van der Waals surface area (Å²) in [5.74, 6) is 3.76. The highest BCUT2D eigenvalue weighted by Gasteiger charge is 2.32. The van der Waals surface area contributed by atoms with Gasteiger partial charge in [-0.05, 0) is 37.1 Å². The Morgan fingerprint density at radius 3 is 2.51 bits per heavy atom. The monoisotopic (exact) mass is 470 g/mol. The molecule has 0 amide bonds. The van der Waals surface area contributed by atoms with Gasteiger partial charge in [0.1, 0.15) is 23.1 Å². The molecule has 10 nitrogen and oxygen atoms in total. The molecular formula is C25H26N8O2. The van der Waals surface area contributed by atoms with Gasteiger partial charge in [0.15, 0.2) is 5.76 Å². The molecule has 10 heteroatoms. The van der Waals surface area contributed by atoms with E-state index >= 15 is 0 Å². The van der Waals surface area contributed by atoms with Crippen LogP contribution in [0.15, 0.2) is 65.4 Å². The smallest absolute Gasteiger partial charge is 0.229 e. The third-order valence-corrected chi connectivity index (χ3v) is 6.25. The Kier molecular flexibility index (Phi) is 5.93. The van der Waals surface area contributed by atoms with E-state index in [1.165, 1.54) is 0 Å². The lowest BCUT2D eigenvalue weighted by Gasteiger charge is -2.30. The number of aromatic nitrogens is 5. The highest BCUT2D eigenvalue weighted by atomic mass is 16.5. The van der Waals surface area contributed by atoms with Gasteiger partial charge in [0.2, 0.25) is 5.95 Å². The van der Waals surface area contributed by atoms with Crippen LogP contribution in [0.5, 0.6) is 0 Å². The van der Waals surface area contributed by atoms with Crippen molar-refractivity contribution in [3.05, 3.63) is 66.7 Å². The van der Waals surface area contributed by atoms with Gasteiger partial charge >= 0.3 is 0 Å². The lowest BCUT2D eigenvalue weighted by Crippen LogP contribution is -2.37. The SMILES string of the molecule is c1ccc(Nc2cc(N3CCOCC3)nc(N3CCCC3c3cc(-c4ccccn4)no3)n2)nc1. The molecule has 0 aliphatic carbocycles. The summed E-state index contributed by atoms with van der Waals surface area (Å²) < 4.78 is 11.3. The van der Waals surface area contributed by atoms with Crippen LogP contribution in [0, 0.1) is 0 Å². The van der Waals surface area contributed by atoms with Crippen LogP contribution in [0.25, 0.3) is 11.4 Å². The minimum Gasteiger partial charge on any atom is -0.378 e. The summed E-state index contributed by atoms with van der Waals surface area (Å²) in [7, 11) is 0. The van der Waals surface area contributed by atoms with Gasteiger partial charge in [-0.25, -0.2) is 4.98 Å². The molecule has 4 aromatic rings. The number of hydrogen-bond donors (Lipinski definition) is 1. The Morgan fingerprint density at radius 1 is 0.857 bits per heavy atom. The van der Waals surface area contributed by atoms with Gasteiger partial charge in [0.05, 0.1) is 24.9 Å². The van der Waals surface area contributed by atoms with Crippen LogP contribution >= 0.6 is 0 Å². The van der Waals surface area contributed by atoms with Crippen molar-refractivity contribution in [3.8, 4) is 11.4 Å². The number of pyridine rings is 2. The molecule has 1 N–H and O–H groups in total. The molecule has 0 bridgehead atoms. The van der Waals surface area contributed by atoms with Crippen molar-refractivity contribution in [1.29, 1.82) is 0 Å². The van der Waals surface area contributed by atoms with Crippen LogP contribution in [0.2, 0.25) is 0 Å². The van der Waals surface area contributed by atoms with Gasteiger partial charge in [-0.1, -0.05) is 17.3 Å². The molecule has 1 unspecified atom stereocenters. The number of hydrogen-bond acceptors (Lipinski definition) is 10. The summed E-state index contributed by atoms with van der Waals surface area (Å²) in [4.78, 5) is 23.1. The number of rotatable bonds is 6. The van der Waals surface area contributed by atoms with Crippen molar-refractivity contribution in [3.63, 3.8) is 0 Å². The first-order chi connectivity index (χ1) is 17.3. The van der Waals surface area contributed by atoms with E-state index in [-0.39, 0.29) is 6.04 Å². The second kappa shape index (κ2) is 9.67. The fourth-order valence-electron chi connectivity index (χ4n) is 4.52. The van der Waals surface area contributed by atoms with Crippen molar-refractivity contribution >= 4 is 23.4 Å². The summed E-state index contributed by atoms with van der Waals surface area (Å²) in [6, 6.07) is 15.5. The van der Waals surface area contributed by atoms with Crippen molar-refractivity contribution in [2.24, 2.45) is 0 Å². The van der Waals surface area contributed by atoms with E-state index in [1.807, 2.05) is 48.5 Å². The van der Waals surface area contributed by atoms with Gasteiger partial charge in [0.25, 0.3) is 0 Å². The minimum atomic E-state index is 0.00241. The van der Waals surface area contributed by atoms with E-state index in [0.29, 0.717) is 25.0 Å². The second-order valence-electron chi connectivity index (χ2n) is 8.53. The summed E-state index contributed by atoms with van der Waals surface area (Å²) in [5.41, 5.74) is 1.52. The molecule has 2 aliphatic heterocycles. The Labute approximate surface area is 203 Å². The molecular weight excluding hydrogens is 444 g/mol. The molecule has 1 atom stereocenters. The normalized spacial score (nSPS) is 18.1. The summed E-state index contributed by atoms with van der Waals surface area (Å²) in [5, 5.41) is 7.61. The number of anilines is 4. The Balaban J connectivity index is 1.33. The Hall–Kier alpha value is -4.05. The highest BCUT2D eigenvalue weighted by molar-refractivity contribution is 5.61. The molecule has 178 valence electrons. The number of morpholine rings is 1. The van der Waals surface area contributed by atoms with E-state index in [0.717, 1.165) is 61.3 Å². The van der Waals surface area contributed by atoms with Crippen LogP contribution in [-0.2, 0) is 4.74 Å². The fraction of sp³-hybridized carbons (Fsp3) is 0.320. The lowest BCUT2D eigenvalue weighted by atomic mass is 10.1. The summed E-state index contributed by atoms with van der Waals surface area (Å²) in [6.45, 7) is 3.78. The lowest BCUT2D eigenvalue weighted by molar-refractivity contribution is 0.122. The van der Waals surface area contributed by atoms with Crippen LogP contribution in [0.3, 0.4) is 0 Å². The minimum absolute atomic E-state index is 0.00241. The first-order valence-electron chi connectivity index (χ1n) is 11.9. The molecule has 2 aliphatic rings. The molecule has 4 aromatic heterocycles. The Morgan fingerprint density at radius 2 is 1.71 bits per heavy atom.